The van der Waals surface area contributed by atoms with Gasteiger partial charge in [-0.2, -0.15) is 0 Å². The van der Waals surface area contributed by atoms with Crippen LogP contribution in [0.4, 0.5) is 5.88 Å². The van der Waals surface area contributed by atoms with Crippen LogP contribution in [0.2, 0.25) is 0 Å². The van der Waals surface area contributed by atoms with E-state index in [9.17, 15) is 0 Å². The molecule has 2 aromatic rings. The maximum atomic E-state index is 5.29. The summed E-state index contributed by atoms with van der Waals surface area (Å²) >= 11 is 0. The Balaban J connectivity index is 2.14. The van der Waals surface area contributed by atoms with Crippen molar-refractivity contribution in [2.45, 2.75) is 12.5 Å². The lowest BCUT2D eigenvalue weighted by atomic mass is 10.0. The van der Waals surface area contributed by atoms with Crippen molar-refractivity contribution in [1.82, 2.24) is 0 Å². The minimum Gasteiger partial charge on any atom is -0.449 e. The van der Waals surface area contributed by atoms with Gasteiger partial charge in [-0.15, -0.1) is 6.58 Å². The molecule has 0 saturated carbocycles. The van der Waals surface area contributed by atoms with E-state index >= 15 is 0 Å². The Morgan fingerprint density at radius 3 is 2.62 bits per heavy atom. The fourth-order valence-electron chi connectivity index (χ4n) is 1.66. The molecule has 2 heteroatoms. The number of hydrogen-bond donors (Lipinski definition) is 1. The number of anilines is 1. The average molecular weight is 213 g/mol. The molecule has 0 amide bonds. The summed E-state index contributed by atoms with van der Waals surface area (Å²) in [6, 6.07) is 14.3. The van der Waals surface area contributed by atoms with Gasteiger partial charge in [0, 0.05) is 6.07 Å². The lowest BCUT2D eigenvalue weighted by Crippen LogP contribution is -2.09. The van der Waals surface area contributed by atoms with Crippen molar-refractivity contribution in [2.24, 2.45) is 0 Å². The van der Waals surface area contributed by atoms with Crippen molar-refractivity contribution < 1.29 is 4.42 Å². The molecule has 0 fully saturated rings. The first kappa shape index (κ1) is 10.6. The second kappa shape index (κ2) is 5.21. The normalized spacial score (nSPS) is 12.0. The molecule has 0 aliphatic carbocycles. The molecule has 0 saturated heterocycles. The molecule has 2 rings (SSSR count). The molecule has 0 aliphatic heterocycles. The summed E-state index contributed by atoms with van der Waals surface area (Å²) in [5.41, 5.74) is 1.24. The molecule has 0 radical (unpaired) electrons. The van der Waals surface area contributed by atoms with Gasteiger partial charge in [0.1, 0.15) is 0 Å². The van der Waals surface area contributed by atoms with Gasteiger partial charge in [-0.05, 0) is 18.1 Å². The van der Waals surface area contributed by atoms with Gasteiger partial charge < -0.3 is 9.73 Å². The predicted octanol–water partition coefficient (Wildman–Crippen LogP) is 4.01. The SMILES string of the molecule is C=CC[C@@H](Nc1ccco1)c1ccccc1. The van der Waals surface area contributed by atoms with Crippen LogP contribution < -0.4 is 5.32 Å². The third-order valence-corrected chi connectivity index (χ3v) is 2.44. The van der Waals surface area contributed by atoms with Crippen LogP contribution in [0.3, 0.4) is 0 Å². The van der Waals surface area contributed by atoms with Gasteiger partial charge in [-0.1, -0.05) is 36.4 Å². The quantitative estimate of drug-likeness (QED) is 0.759. The largest absolute Gasteiger partial charge is 0.449 e. The Hall–Kier alpha value is -1.96. The third kappa shape index (κ3) is 2.54. The first-order chi connectivity index (χ1) is 7.90. The lowest BCUT2D eigenvalue weighted by Gasteiger charge is -2.16. The van der Waals surface area contributed by atoms with Gasteiger partial charge in [-0.25, -0.2) is 0 Å². The Morgan fingerprint density at radius 1 is 1.19 bits per heavy atom. The minimum absolute atomic E-state index is 0.213. The molecule has 0 aliphatic rings. The Morgan fingerprint density at radius 2 is 2.00 bits per heavy atom. The predicted molar refractivity (Wildman–Crippen MR) is 66.3 cm³/mol. The van der Waals surface area contributed by atoms with Gasteiger partial charge in [0.15, 0.2) is 5.88 Å². The van der Waals surface area contributed by atoms with E-state index in [1.165, 1.54) is 5.56 Å². The average Bonchev–Trinajstić information content (AvgIpc) is 2.83. The van der Waals surface area contributed by atoms with E-state index < -0.39 is 0 Å². The zero-order valence-electron chi connectivity index (χ0n) is 9.10. The molecule has 82 valence electrons. The monoisotopic (exact) mass is 213 g/mol. The molecule has 0 unspecified atom stereocenters. The summed E-state index contributed by atoms with van der Waals surface area (Å²) in [4.78, 5) is 0. The molecule has 16 heavy (non-hydrogen) atoms. The van der Waals surface area contributed by atoms with Gasteiger partial charge in [0.2, 0.25) is 0 Å². The fraction of sp³-hybridized carbons (Fsp3) is 0.143. The third-order valence-electron chi connectivity index (χ3n) is 2.44. The highest BCUT2D eigenvalue weighted by Gasteiger charge is 2.09. The molecule has 1 N–H and O–H groups in total. The summed E-state index contributed by atoms with van der Waals surface area (Å²) < 4.78 is 5.29. The van der Waals surface area contributed by atoms with Crippen molar-refractivity contribution in [3.63, 3.8) is 0 Å². The maximum Gasteiger partial charge on any atom is 0.193 e. The van der Waals surface area contributed by atoms with Crippen LogP contribution in [0, 0.1) is 0 Å². The Bertz CT molecular complexity index is 419. The summed E-state index contributed by atoms with van der Waals surface area (Å²) in [6.07, 6.45) is 4.44. The zero-order valence-corrected chi connectivity index (χ0v) is 9.10. The van der Waals surface area contributed by atoms with Gasteiger partial charge in [-0.3, -0.25) is 0 Å². The Kier molecular flexibility index (Phi) is 3.44. The molecule has 1 aromatic heterocycles. The first-order valence-electron chi connectivity index (χ1n) is 5.36. The summed E-state index contributed by atoms with van der Waals surface area (Å²) in [6.45, 7) is 3.78. The van der Waals surface area contributed by atoms with Crippen LogP contribution in [0.25, 0.3) is 0 Å². The summed E-state index contributed by atoms with van der Waals surface area (Å²) in [5, 5.41) is 3.34. The van der Waals surface area contributed by atoms with Crippen molar-refractivity contribution in [1.29, 1.82) is 0 Å². The number of hydrogen-bond acceptors (Lipinski definition) is 2. The molecule has 0 spiro atoms. The van der Waals surface area contributed by atoms with Gasteiger partial charge >= 0.3 is 0 Å². The maximum absolute atomic E-state index is 5.29. The zero-order chi connectivity index (χ0) is 11.2. The molecule has 2 nitrogen and oxygen atoms in total. The fourth-order valence-corrected chi connectivity index (χ4v) is 1.66. The second-order valence-electron chi connectivity index (χ2n) is 3.61. The van der Waals surface area contributed by atoms with E-state index in [1.807, 2.05) is 36.4 Å². The van der Waals surface area contributed by atoms with E-state index in [0.717, 1.165) is 12.3 Å². The second-order valence-corrected chi connectivity index (χ2v) is 3.61. The van der Waals surface area contributed by atoms with Crippen LogP contribution in [0.5, 0.6) is 0 Å². The molecular weight excluding hydrogens is 198 g/mol. The highest BCUT2D eigenvalue weighted by Crippen LogP contribution is 2.22. The molecular formula is C14H15NO. The lowest BCUT2D eigenvalue weighted by molar-refractivity contribution is 0.567. The van der Waals surface area contributed by atoms with Crippen LogP contribution in [0.15, 0.2) is 65.8 Å². The number of nitrogens with one attached hydrogen (secondary N) is 1. The summed E-state index contributed by atoms with van der Waals surface area (Å²) in [7, 11) is 0. The Labute approximate surface area is 95.6 Å². The van der Waals surface area contributed by atoms with Crippen LogP contribution >= 0.6 is 0 Å². The highest BCUT2D eigenvalue weighted by atomic mass is 16.3. The van der Waals surface area contributed by atoms with Crippen molar-refractivity contribution in [3.05, 3.63) is 66.9 Å². The van der Waals surface area contributed by atoms with Gasteiger partial charge in [0.05, 0.1) is 12.3 Å². The van der Waals surface area contributed by atoms with E-state index in [4.69, 9.17) is 4.42 Å². The van der Waals surface area contributed by atoms with E-state index in [2.05, 4.69) is 24.0 Å². The standard InChI is InChI=1S/C14H15NO/c1-2-7-13(12-8-4-3-5-9-12)15-14-10-6-11-16-14/h2-6,8-11,13,15H,1,7H2/t13-/m1/s1. The van der Waals surface area contributed by atoms with Gasteiger partial charge in [0.25, 0.3) is 0 Å². The van der Waals surface area contributed by atoms with Crippen LogP contribution in [-0.2, 0) is 0 Å². The first-order valence-corrected chi connectivity index (χ1v) is 5.36. The van der Waals surface area contributed by atoms with E-state index in [-0.39, 0.29) is 6.04 Å². The van der Waals surface area contributed by atoms with Crippen molar-refractivity contribution >= 4 is 5.88 Å². The van der Waals surface area contributed by atoms with Crippen LogP contribution in [-0.4, -0.2) is 0 Å². The highest BCUT2D eigenvalue weighted by molar-refractivity contribution is 5.35. The van der Waals surface area contributed by atoms with Crippen LogP contribution in [0.1, 0.15) is 18.0 Å². The summed E-state index contributed by atoms with van der Waals surface area (Å²) in [5.74, 6) is 0.788. The topological polar surface area (TPSA) is 25.2 Å². The smallest absolute Gasteiger partial charge is 0.193 e. The van der Waals surface area contributed by atoms with E-state index in [0.29, 0.717) is 0 Å². The van der Waals surface area contributed by atoms with Crippen molar-refractivity contribution in [2.75, 3.05) is 5.32 Å². The number of rotatable bonds is 5. The molecule has 1 aromatic carbocycles. The number of furan rings is 1. The van der Waals surface area contributed by atoms with E-state index in [1.54, 1.807) is 6.26 Å². The molecule has 0 bridgehead atoms. The molecule has 1 atom stereocenters. The minimum atomic E-state index is 0.213. The molecule has 1 heterocycles. The number of benzene rings is 1. The van der Waals surface area contributed by atoms with Crippen molar-refractivity contribution in [3.8, 4) is 0 Å².